The molecule has 0 aliphatic rings. The Kier molecular flexibility index (Phi) is 4.46. The Morgan fingerprint density at radius 1 is 1.38 bits per heavy atom. The van der Waals surface area contributed by atoms with Gasteiger partial charge in [0.05, 0.1) is 19.3 Å². The summed E-state index contributed by atoms with van der Waals surface area (Å²) in [5.74, 6) is 0. The Balaban J connectivity index is 2.35. The van der Waals surface area contributed by atoms with Crippen molar-refractivity contribution in [3.8, 4) is 0 Å². The first-order valence-corrected chi connectivity index (χ1v) is 4.42. The molecular formula is C10H15NO2. The molecule has 0 aliphatic heterocycles. The zero-order valence-corrected chi connectivity index (χ0v) is 7.73. The minimum absolute atomic E-state index is 0.415. The number of rotatable bonds is 5. The van der Waals surface area contributed by atoms with Gasteiger partial charge in [-0.2, -0.15) is 5.48 Å². The molecule has 0 saturated heterocycles. The second-order valence-corrected chi connectivity index (χ2v) is 2.71. The third-order valence-corrected chi connectivity index (χ3v) is 1.71. The van der Waals surface area contributed by atoms with Gasteiger partial charge < -0.3 is 9.94 Å². The highest BCUT2D eigenvalue weighted by Crippen LogP contribution is 2.10. The molecule has 1 rings (SSSR count). The van der Waals surface area contributed by atoms with E-state index in [1.165, 1.54) is 0 Å². The van der Waals surface area contributed by atoms with Crippen LogP contribution >= 0.6 is 0 Å². The van der Waals surface area contributed by atoms with Crippen molar-refractivity contribution in [3.63, 3.8) is 0 Å². The van der Waals surface area contributed by atoms with Crippen LogP contribution in [0.25, 0.3) is 0 Å². The molecule has 1 aromatic rings. The summed E-state index contributed by atoms with van der Waals surface area (Å²) in [4.78, 5) is 4.92. The van der Waals surface area contributed by atoms with Crippen LogP contribution in [-0.4, -0.2) is 18.3 Å². The first-order valence-electron chi connectivity index (χ1n) is 4.42. The van der Waals surface area contributed by atoms with Crippen LogP contribution in [0.1, 0.15) is 18.6 Å². The van der Waals surface area contributed by atoms with Gasteiger partial charge in [0.2, 0.25) is 0 Å². The highest BCUT2D eigenvalue weighted by atomic mass is 16.6. The minimum atomic E-state index is -0.507. The van der Waals surface area contributed by atoms with Crippen molar-refractivity contribution in [1.82, 2.24) is 5.48 Å². The predicted octanol–water partition coefficient (Wildman–Crippen LogP) is 1.26. The monoisotopic (exact) mass is 181 g/mol. The molecule has 0 bridgehead atoms. The molecule has 1 atom stereocenters. The molecule has 3 nitrogen and oxygen atoms in total. The maximum Gasteiger partial charge on any atom is 0.0937 e. The molecule has 3 heteroatoms. The lowest BCUT2D eigenvalue weighted by Gasteiger charge is -2.11. The van der Waals surface area contributed by atoms with Crippen molar-refractivity contribution in [2.45, 2.75) is 13.0 Å². The Morgan fingerprint density at radius 3 is 2.69 bits per heavy atom. The van der Waals surface area contributed by atoms with E-state index in [0.29, 0.717) is 13.2 Å². The highest BCUT2D eigenvalue weighted by molar-refractivity contribution is 5.17. The summed E-state index contributed by atoms with van der Waals surface area (Å²) in [5, 5.41) is 9.60. The molecule has 0 heterocycles. The van der Waals surface area contributed by atoms with E-state index in [9.17, 15) is 5.11 Å². The molecule has 72 valence electrons. The molecule has 2 N–H and O–H groups in total. The van der Waals surface area contributed by atoms with E-state index >= 15 is 0 Å². The van der Waals surface area contributed by atoms with Crippen molar-refractivity contribution in [3.05, 3.63) is 35.9 Å². The standard InChI is InChI=1S/C10H15NO2/c1-2-13-11-8-10(12)9-6-4-3-5-7-9/h3-7,10-12H,2,8H2,1H3/t10-/m0/s1. The lowest BCUT2D eigenvalue weighted by Crippen LogP contribution is -2.21. The lowest BCUT2D eigenvalue weighted by molar-refractivity contribution is 0.0209. The molecule has 0 amide bonds. The topological polar surface area (TPSA) is 41.5 Å². The van der Waals surface area contributed by atoms with Gasteiger partial charge in [-0.15, -0.1) is 0 Å². The van der Waals surface area contributed by atoms with Gasteiger partial charge in [-0.3, -0.25) is 0 Å². The summed E-state index contributed by atoms with van der Waals surface area (Å²) in [6.45, 7) is 2.90. The zero-order valence-electron chi connectivity index (χ0n) is 7.73. The van der Waals surface area contributed by atoms with E-state index in [1.807, 2.05) is 37.3 Å². The Morgan fingerprint density at radius 2 is 2.08 bits per heavy atom. The van der Waals surface area contributed by atoms with Crippen molar-refractivity contribution >= 4 is 0 Å². The number of nitrogens with one attached hydrogen (secondary N) is 1. The first kappa shape index (κ1) is 10.2. The van der Waals surface area contributed by atoms with Crippen molar-refractivity contribution in [2.24, 2.45) is 0 Å². The fraction of sp³-hybridized carbons (Fsp3) is 0.400. The number of aliphatic hydroxyl groups is 1. The van der Waals surface area contributed by atoms with Crippen LogP contribution in [-0.2, 0) is 4.84 Å². The number of hydrogen-bond donors (Lipinski definition) is 2. The Labute approximate surface area is 78.3 Å². The quantitative estimate of drug-likeness (QED) is 0.531. The van der Waals surface area contributed by atoms with Gasteiger partial charge in [0.15, 0.2) is 0 Å². The predicted molar refractivity (Wildman–Crippen MR) is 51.0 cm³/mol. The molecule has 0 unspecified atom stereocenters. The van der Waals surface area contributed by atoms with E-state index < -0.39 is 6.10 Å². The van der Waals surface area contributed by atoms with E-state index in [0.717, 1.165) is 5.56 Å². The fourth-order valence-electron chi connectivity index (χ4n) is 1.03. The van der Waals surface area contributed by atoms with E-state index in [4.69, 9.17) is 4.84 Å². The fourth-order valence-corrected chi connectivity index (χ4v) is 1.03. The number of hydrogen-bond acceptors (Lipinski definition) is 3. The summed E-state index contributed by atoms with van der Waals surface area (Å²) in [5.41, 5.74) is 3.58. The largest absolute Gasteiger partial charge is 0.387 e. The Hall–Kier alpha value is -0.900. The molecule has 1 aromatic carbocycles. The third kappa shape index (κ3) is 3.55. The van der Waals surface area contributed by atoms with Gasteiger partial charge >= 0.3 is 0 Å². The smallest absolute Gasteiger partial charge is 0.0937 e. The van der Waals surface area contributed by atoms with E-state index in [-0.39, 0.29) is 0 Å². The van der Waals surface area contributed by atoms with Crippen molar-refractivity contribution in [1.29, 1.82) is 0 Å². The SMILES string of the molecule is CCONC[C@H](O)c1ccccc1. The molecule has 13 heavy (non-hydrogen) atoms. The summed E-state index contributed by atoms with van der Waals surface area (Å²) >= 11 is 0. The number of aliphatic hydroxyl groups excluding tert-OH is 1. The molecule has 0 fully saturated rings. The molecule has 0 spiro atoms. The third-order valence-electron chi connectivity index (χ3n) is 1.71. The summed E-state index contributed by atoms with van der Waals surface area (Å²) < 4.78 is 0. The first-order chi connectivity index (χ1) is 6.34. The molecular weight excluding hydrogens is 166 g/mol. The van der Waals surface area contributed by atoms with E-state index in [1.54, 1.807) is 0 Å². The van der Waals surface area contributed by atoms with Crippen LogP contribution in [0.2, 0.25) is 0 Å². The number of benzene rings is 1. The van der Waals surface area contributed by atoms with Gasteiger partial charge in [0.25, 0.3) is 0 Å². The van der Waals surface area contributed by atoms with Crippen LogP contribution < -0.4 is 5.48 Å². The molecule has 0 aromatic heterocycles. The maximum atomic E-state index is 9.60. The lowest BCUT2D eigenvalue weighted by atomic mass is 10.1. The van der Waals surface area contributed by atoms with E-state index in [2.05, 4.69) is 5.48 Å². The van der Waals surface area contributed by atoms with Gasteiger partial charge in [0.1, 0.15) is 0 Å². The second-order valence-electron chi connectivity index (χ2n) is 2.71. The average molecular weight is 181 g/mol. The summed E-state index contributed by atoms with van der Waals surface area (Å²) in [7, 11) is 0. The highest BCUT2D eigenvalue weighted by Gasteiger charge is 2.04. The molecule has 0 saturated carbocycles. The molecule has 0 radical (unpaired) electrons. The van der Waals surface area contributed by atoms with Crippen LogP contribution in [0.3, 0.4) is 0 Å². The van der Waals surface area contributed by atoms with Crippen LogP contribution in [0.15, 0.2) is 30.3 Å². The van der Waals surface area contributed by atoms with Crippen molar-refractivity contribution < 1.29 is 9.94 Å². The van der Waals surface area contributed by atoms with Gasteiger partial charge in [-0.25, -0.2) is 0 Å². The van der Waals surface area contributed by atoms with Crippen LogP contribution in [0, 0.1) is 0 Å². The normalized spacial score (nSPS) is 12.8. The summed E-state index contributed by atoms with van der Waals surface area (Å²) in [6.07, 6.45) is -0.507. The minimum Gasteiger partial charge on any atom is -0.387 e. The van der Waals surface area contributed by atoms with Gasteiger partial charge in [-0.1, -0.05) is 30.3 Å². The van der Waals surface area contributed by atoms with Crippen LogP contribution in [0.5, 0.6) is 0 Å². The van der Waals surface area contributed by atoms with Crippen molar-refractivity contribution in [2.75, 3.05) is 13.2 Å². The number of hydroxylamine groups is 1. The molecule has 0 aliphatic carbocycles. The Bertz CT molecular complexity index is 226. The van der Waals surface area contributed by atoms with Gasteiger partial charge in [0, 0.05) is 0 Å². The van der Waals surface area contributed by atoms with Gasteiger partial charge in [-0.05, 0) is 12.5 Å². The summed E-state index contributed by atoms with van der Waals surface area (Å²) in [6, 6.07) is 9.50. The zero-order chi connectivity index (χ0) is 9.52. The average Bonchev–Trinajstić information content (AvgIpc) is 2.19. The van der Waals surface area contributed by atoms with Crippen LogP contribution in [0.4, 0.5) is 0 Å². The maximum absolute atomic E-state index is 9.60. The second kappa shape index (κ2) is 5.70.